The standard InChI is InChI=1S/C15H20Cl2N2O2/c1-10(18)11-3-2-6-19(8-11)15(20)9-21-12-4-5-13(16)14(17)7-12/h4-5,7,10-11H,2-3,6,8-9,18H2,1H3/t10-,11-/m0/s1. The van der Waals surface area contributed by atoms with E-state index in [0.717, 1.165) is 19.4 Å². The van der Waals surface area contributed by atoms with Crippen LogP contribution in [0.1, 0.15) is 19.8 Å². The van der Waals surface area contributed by atoms with Crippen molar-refractivity contribution in [3.05, 3.63) is 28.2 Å². The first-order valence-corrected chi connectivity index (χ1v) is 7.84. The first-order chi connectivity index (χ1) is 9.97. The Balaban J connectivity index is 1.87. The topological polar surface area (TPSA) is 55.6 Å². The van der Waals surface area contributed by atoms with Gasteiger partial charge in [-0.3, -0.25) is 4.79 Å². The summed E-state index contributed by atoms with van der Waals surface area (Å²) >= 11 is 11.7. The van der Waals surface area contributed by atoms with Crippen molar-refractivity contribution in [2.45, 2.75) is 25.8 Å². The van der Waals surface area contributed by atoms with Crippen LogP contribution in [0.4, 0.5) is 0 Å². The first kappa shape index (κ1) is 16.4. The van der Waals surface area contributed by atoms with Gasteiger partial charge in [-0.25, -0.2) is 0 Å². The molecule has 21 heavy (non-hydrogen) atoms. The summed E-state index contributed by atoms with van der Waals surface area (Å²) in [5, 5.41) is 0.878. The number of piperidine rings is 1. The number of amides is 1. The lowest BCUT2D eigenvalue weighted by atomic mass is 9.92. The van der Waals surface area contributed by atoms with Gasteiger partial charge in [0.25, 0.3) is 5.91 Å². The molecule has 0 aromatic heterocycles. The van der Waals surface area contributed by atoms with Crippen LogP contribution in [0.25, 0.3) is 0 Å². The fourth-order valence-electron chi connectivity index (χ4n) is 2.47. The molecule has 1 aliphatic rings. The highest BCUT2D eigenvalue weighted by Crippen LogP contribution is 2.26. The fraction of sp³-hybridized carbons (Fsp3) is 0.533. The first-order valence-electron chi connectivity index (χ1n) is 7.08. The maximum absolute atomic E-state index is 12.2. The van der Waals surface area contributed by atoms with Crippen molar-refractivity contribution in [3.63, 3.8) is 0 Å². The summed E-state index contributed by atoms with van der Waals surface area (Å²) in [6.45, 7) is 3.47. The Morgan fingerprint density at radius 3 is 2.90 bits per heavy atom. The second kappa shape index (κ2) is 7.34. The largest absolute Gasteiger partial charge is 0.484 e. The summed E-state index contributed by atoms with van der Waals surface area (Å²) < 4.78 is 5.49. The molecule has 1 aromatic carbocycles. The van der Waals surface area contributed by atoms with Crippen molar-refractivity contribution in [3.8, 4) is 5.75 Å². The number of rotatable bonds is 4. The maximum Gasteiger partial charge on any atom is 0.260 e. The smallest absolute Gasteiger partial charge is 0.260 e. The molecule has 0 saturated carbocycles. The van der Waals surface area contributed by atoms with E-state index in [4.69, 9.17) is 33.7 Å². The molecule has 1 fully saturated rings. The molecule has 1 aliphatic heterocycles. The molecule has 2 atom stereocenters. The van der Waals surface area contributed by atoms with E-state index in [1.165, 1.54) is 0 Å². The maximum atomic E-state index is 12.2. The van der Waals surface area contributed by atoms with E-state index in [-0.39, 0.29) is 18.6 Å². The van der Waals surface area contributed by atoms with Crippen LogP contribution >= 0.6 is 23.2 Å². The Bertz CT molecular complexity index is 508. The number of nitrogens with two attached hydrogens (primary N) is 1. The summed E-state index contributed by atoms with van der Waals surface area (Å²) in [6, 6.07) is 5.06. The molecule has 0 spiro atoms. The second-order valence-electron chi connectivity index (χ2n) is 5.47. The number of carbonyl (C=O) groups excluding carboxylic acids is 1. The van der Waals surface area contributed by atoms with Crippen LogP contribution in [0, 0.1) is 5.92 Å². The predicted octanol–water partition coefficient (Wildman–Crippen LogP) is 2.96. The Morgan fingerprint density at radius 1 is 1.48 bits per heavy atom. The summed E-state index contributed by atoms with van der Waals surface area (Å²) in [5.41, 5.74) is 5.93. The number of carbonyl (C=O) groups is 1. The van der Waals surface area contributed by atoms with Gasteiger partial charge in [-0.2, -0.15) is 0 Å². The van der Waals surface area contributed by atoms with E-state index in [9.17, 15) is 4.79 Å². The van der Waals surface area contributed by atoms with Crippen molar-refractivity contribution in [2.75, 3.05) is 19.7 Å². The van der Waals surface area contributed by atoms with Crippen LogP contribution in [0.3, 0.4) is 0 Å². The summed E-state index contributed by atoms with van der Waals surface area (Å²) in [7, 11) is 0. The number of halogens is 2. The summed E-state index contributed by atoms with van der Waals surface area (Å²) in [5.74, 6) is 0.887. The van der Waals surface area contributed by atoms with Crippen molar-refractivity contribution in [1.29, 1.82) is 0 Å². The van der Waals surface area contributed by atoms with Crippen molar-refractivity contribution in [1.82, 2.24) is 4.90 Å². The molecule has 1 heterocycles. The number of likely N-dealkylation sites (tertiary alicyclic amines) is 1. The minimum absolute atomic E-state index is 0.00360. The minimum atomic E-state index is -0.0218. The van der Waals surface area contributed by atoms with Crippen LogP contribution in [0.15, 0.2) is 18.2 Å². The molecule has 6 heteroatoms. The third-order valence-corrected chi connectivity index (χ3v) is 4.55. The molecule has 0 aliphatic carbocycles. The number of hydrogen-bond acceptors (Lipinski definition) is 3. The zero-order valence-corrected chi connectivity index (χ0v) is 13.5. The summed E-state index contributed by atoms with van der Waals surface area (Å²) in [6.07, 6.45) is 2.07. The van der Waals surface area contributed by atoms with Crippen LogP contribution in [-0.4, -0.2) is 36.5 Å². The molecule has 4 nitrogen and oxygen atoms in total. The van der Waals surface area contributed by atoms with E-state index in [2.05, 4.69) is 0 Å². The fourth-order valence-corrected chi connectivity index (χ4v) is 2.76. The Kier molecular flexibility index (Phi) is 5.73. The molecule has 116 valence electrons. The lowest BCUT2D eigenvalue weighted by molar-refractivity contribution is -0.135. The van der Waals surface area contributed by atoms with Gasteiger partial charge >= 0.3 is 0 Å². The van der Waals surface area contributed by atoms with Crippen LogP contribution < -0.4 is 10.5 Å². The number of ether oxygens (including phenoxy) is 1. The normalized spacial score (nSPS) is 20.2. The lowest BCUT2D eigenvalue weighted by Gasteiger charge is -2.34. The van der Waals surface area contributed by atoms with Gasteiger partial charge in [0.2, 0.25) is 0 Å². The van der Waals surface area contributed by atoms with E-state index in [1.807, 2.05) is 11.8 Å². The van der Waals surface area contributed by atoms with Crippen molar-refractivity contribution >= 4 is 29.1 Å². The lowest BCUT2D eigenvalue weighted by Crippen LogP contribution is -2.46. The van der Waals surface area contributed by atoms with E-state index >= 15 is 0 Å². The zero-order chi connectivity index (χ0) is 15.4. The highest BCUT2D eigenvalue weighted by atomic mass is 35.5. The second-order valence-corrected chi connectivity index (χ2v) is 6.28. The Morgan fingerprint density at radius 2 is 2.24 bits per heavy atom. The van der Waals surface area contributed by atoms with Gasteiger partial charge in [0.15, 0.2) is 6.61 Å². The van der Waals surface area contributed by atoms with Crippen LogP contribution in [0.2, 0.25) is 10.0 Å². The predicted molar refractivity (Wildman–Crippen MR) is 84.9 cm³/mol. The van der Waals surface area contributed by atoms with E-state index < -0.39 is 0 Å². The summed E-state index contributed by atoms with van der Waals surface area (Å²) in [4.78, 5) is 14.0. The van der Waals surface area contributed by atoms with E-state index in [1.54, 1.807) is 18.2 Å². The minimum Gasteiger partial charge on any atom is -0.484 e. The third kappa shape index (κ3) is 4.50. The number of nitrogens with zero attached hydrogens (tertiary/aromatic N) is 1. The number of hydrogen-bond donors (Lipinski definition) is 1. The molecular formula is C15H20Cl2N2O2. The molecule has 1 amide bonds. The molecule has 1 aromatic rings. The van der Waals surface area contributed by atoms with Gasteiger partial charge in [0.05, 0.1) is 10.0 Å². The van der Waals surface area contributed by atoms with Gasteiger partial charge < -0.3 is 15.4 Å². The van der Waals surface area contributed by atoms with Crippen molar-refractivity contribution < 1.29 is 9.53 Å². The Hall–Kier alpha value is -0.970. The van der Waals surface area contributed by atoms with Gasteiger partial charge in [-0.1, -0.05) is 23.2 Å². The van der Waals surface area contributed by atoms with Crippen LogP contribution in [-0.2, 0) is 4.79 Å². The van der Waals surface area contributed by atoms with Crippen molar-refractivity contribution in [2.24, 2.45) is 11.7 Å². The average Bonchev–Trinajstić information content (AvgIpc) is 2.48. The molecule has 0 radical (unpaired) electrons. The quantitative estimate of drug-likeness (QED) is 0.923. The SMILES string of the molecule is C[C@H](N)[C@H]1CCCN(C(=O)COc2ccc(Cl)c(Cl)c2)C1. The van der Waals surface area contributed by atoms with Gasteiger partial charge in [0, 0.05) is 25.2 Å². The zero-order valence-electron chi connectivity index (χ0n) is 12.0. The molecule has 0 unspecified atom stereocenters. The molecule has 0 bridgehead atoms. The molecule has 2 N–H and O–H groups in total. The highest BCUT2D eigenvalue weighted by Gasteiger charge is 2.25. The average molecular weight is 331 g/mol. The molecular weight excluding hydrogens is 311 g/mol. The number of benzene rings is 1. The van der Waals surface area contributed by atoms with E-state index in [0.29, 0.717) is 28.3 Å². The van der Waals surface area contributed by atoms with Gasteiger partial charge in [0.1, 0.15) is 5.75 Å². The molecule has 2 rings (SSSR count). The third-order valence-electron chi connectivity index (χ3n) is 3.81. The highest BCUT2D eigenvalue weighted by molar-refractivity contribution is 6.42. The Labute approximate surface area is 135 Å². The van der Waals surface area contributed by atoms with Crippen LogP contribution in [0.5, 0.6) is 5.75 Å². The van der Waals surface area contributed by atoms with Gasteiger partial charge in [-0.15, -0.1) is 0 Å². The van der Waals surface area contributed by atoms with Gasteiger partial charge in [-0.05, 0) is 37.8 Å². The monoisotopic (exact) mass is 330 g/mol. The molecule has 1 saturated heterocycles.